The monoisotopic (exact) mass is 202 g/mol. The average molecular weight is 202 g/mol. The second kappa shape index (κ2) is 6.37. The molecule has 0 radical (unpaired) electrons. The van der Waals surface area contributed by atoms with Crippen LogP contribution < -0.4 is 11.1 Å². The summed E-state index contributed by atoms with van der Waals surface area (Å²) in [5, 5.41) is 2.57. The Kier molecular flexibility index (Phi) is 5.87. The lowest BCUT2D eigenvalue weighted by atomic mass is 10.0. The average Bonchev–Trinajstić information content (AvgIpc) is 2.13. The van der Waals surface area contributed by atoms with Crippen LogP contribution in [0.5, 0.6) is 0 Å². The number of carbonyl (C=O) groups excluding carboxylic acids is 2. The summed E-state index contributed by atoms with van der Waals surface area (Å²) in [6.45, 7) is 3.95. The summed E-state index contributed by atoms with van der Waals surface area (Å²) in [4.78, 5) is 22.4. The first-order chi connectivity index (χ1) is 6.52. The third-order valence-corrected chi connectivity index (χ3v) is 1.81. The fourth-order valence-electron chi connectivity index (χ4n) is 1.00. The van der Waals surface area contributed by atoms with Crippen molar-refractivity contribution in [3.05, 3.63) is 0 Å². The van der Waals surface area contributed by atoms with Gasteiger partial charge in [-0.25, -0.2) is 4.79 Å². The van der Waals surface area contributed by atoms with Gasteiger partial charge < -0.3 is 15.8 Å². The van der Waals surface area contributed by atoms with Crippen LogP contribution in [0, 0.1) is 5.92 Å². The van der Waals surface area contributed by atoms with Gasteiger partial charge in [0.1, 0.15) is 6.04 Å². The SMILES string of the molecule is COC(=O)C(NC(=O)CCN)C(C)C. The van der Waals surface area contributed by atoms with Gasteiger partial charge in [0.15, 0.2) is 0 Å². The first-order valence-corrected chi connectivity index (χ1v) is 4.60. The summed E-state index contributed by atoms with van der Waals surface area (Å²) in [6, 6.07) is -0.584. The zero-order chi connectivity index (χ0) is 11.1. The molecule has 0 spiro atoms. The van der Waals surface area contributed by atoms with Crippen LogP contribution in [-0.4, -0.2) is 31.6 Å². The molecule has 0 aliphatic carbocycles. The van der Waals surface area contributed by atoms with Gasteiger partial charge in [-0.2, -0.15) is 0 Å². The van der Waals surface area contributed by atoms with E-state index in [0.29, 0.717) is 0 Å². The molecule has 1 atom stereocenters. The van der Waals surface area contributed by atoms with Gasteiger partial charge in [0.05, 0.1) is 7.11 Å². The van der Waals surface area contributed by atoms with Crippen LogP contribution in [-0.2, 0) is 14.3 Å². The molecule has 0 saturated heterocycles. The molecular weight excluding hydrogens is 184 g/mol. The van der Waals surface area contributed by atoms with Gasteiger partial charge >= 0.3 is 5.97 Å². The van der Waals surface area contributed by atoms with E-state index >= 15 is 0 Å². The van der Waals surface area contributed by atoms with E-state index in [9.17, 15) is 9.59 Å². The lowest BCUT2D eigenvalue weighted by Crippen LogP contribution is -2.45. The van der Waals surface area contributed by atoms with Gasteiger partial charge in [0.25, 0.3) is 0 Å². The van der Waals surface area contributed by atoms with Crippen LogP contribution in [0.1, 0.15) is 20.3 Å². The van der Waals surface area contributed by atoms with E-state index in [1.165, 1.54) is 7.11 Å². The summed E-state index contributed by atoms with van der Waals surface area (Å²) in [5.41, 5.74) is 5.21. The molecule has 0 aromatic heterocycles. The van der Waals surface area contributed by atoms with Crippen molar-refractivity contribution in [2.75, 3.05) is 13.7 Å². The molecule has 0 bridgehead atoms. The topological polar surface area (TPSA) is 81.4 Å². The molecule has 0 aromatic rings. The van der Waals surface area contributed by atoms with Gasteiger partial charge in [-0.05, 0) is 5.92 Å². The van der Waals surface area contributed by atoms with Crippen LogP contribution >= 0.6 is 0 Å². The van der Waals surface area contributed by atoms with Crippen molar-refractivity contribution in [1.82, 2.24) is 5.32 Å². The maximum atomic E-state index is 11.2. The molecule has 0 fully saturated rings. The standard InChI is InChI=1S/C9H18N2O3/c1-6(2)8(9(13)14-3)11-7(12)4-5-10/h6,8H,4-5,10H2,1-3H3,(H,11,12). The molecule has 14 heavy (non-hydrogen) atoms. The van der Waals surface area contributed by atoms with Crippen molar-refractivity contribution in [2.45, 2.75) is 26.3 Å². The van der Waals surface area contributed by atoms with E-state index in [2.05, 4.69) is 10.1 Å². The minimum atomic E-state index is -0.584. The minimum absolute atomic E-state index is 0.00387. The Hall–Kier alpha value is -1.10. The largest absolute Gasteiger partial charge is 0.467 e. The van der Waals surface area contributed by atoms with Crippen LogP contribution in [0.4, 0.5) is 0 Å². The van der Waals surface area contributed by atoms with Crippen LogP contribution in [0.25, 0.3) is 0 Å². The molecule has 3 N–H and O–H groups in total. The molecule has 5 heteroatoms. The van der Waals surface area contributed by atoms with E-state index in [4.69, 9.17) is 5.73 Å². The summed E-state index contributed by atoms with van der Waals surface area (Å²) < 4.78 is 4.57. The molecule has 0 heterocycles. The number of rotatable bonds is 5. The zero-order valence-corrected chi connectivity index (χ0v) is 8.87. The minimum Gasteiger partial charge on any atom is -0.467 e. The van der Waals surface area contributed by atoms with Crippen molar-refractivity contribution in [3.63, 3.8) is 0 Å². The Morgan fingerprint density at radius 3 is 2.36 bits per heavy atom. The predicted octanol–water partition coefficient (Wildman–Crippen LogP) is -0.351. The fourth-order valence-corrected chi connectivity index (χ4v) is 1.00. The Morgan fingerprint density at radius 2 is 2.00 bits per heavy atom. The number of nitrogens with two attached hydrogens (primary N) is 1. The number of hydrogen-bond acceptors (Lipinski definition) is 4. The van der Waals surface area contributed by atoms with Gasteiger partial charge in [0.2, 0.25) is 5.91 Å². The van der Waals surface area contributed by atoms with Gasteiger partial charge in [-0.15, -0.1) is 0 Å². The summed E-state index contributed by atoms with van der Waals surface area (Å²) in [6.07, 6.45) is 0.222. The molecule has 0 aliphatic rings. The smallest absolute Gasteiger partial charge is 0.328 e. The maximum Gasteiger partial charge on any atom is 0.328 e. The summed E-state index contributed by atoms with van der Waals surface area (Å²) >= 11 is 0. The van der Waals surface area contributed by atoms with Crippen molar-refractivity contribution >= 4 is 11.9 Å². The predicted molar refractivity (Wildman–Crippen MR) is 52.5 cm³/mol. The van der Waals surface area contributed by atoms with E-state index in [0.717, 1.165) is 0 Å². The molecule has 1 unspecified atom stereocenters. The van der Waals surface area contributed by atoms with E-state index in [1.807, 2.05) is 13.8 Å². The maximum absolute atomic E-state index is 11.2. The summed E-state index contributed by atoms with van der Waals surface area (Å²) in [7, 11) is 1.30. The molecular formula is C9H18N2O3. The number of hydrogen-bond donors (Lipinski definition) is 2. The highest BCUT2D eigenvalue weighted by Gasteiger charge is 2.24. The fraction of sp³-hybridized carbons (Fsp3) is 0.778. The quantitative estimate of drug-likeness (QED) is 0.597. The van der Waals surface area contributed by atoms with Gasteiger partial charge in [-0.1, -0.05) is 13.8 Å². The molecule has 0 saturated carbocycles. The van der Waals surface area contributed by atoms with Gasteiger partial charge in [-0.3, -0.25) is 4.79 Å². The zero-order valence-electron chi connectivity index (χ0n) is 8.87. The second-order valence-corrected chi connectivity index (χ2v) is 3.35. The molecule has 0 aliphatic heterocycles. The highest BCUT2D eigenvalue weighted by Crippen LogP contribution is 2.03. The molecule has 82 valence electrons. The lowest BCUT2D eigenvalue weighted by molar-refractivity contribution is -0.146. The third kappa shape index (κ3) is 4.23. The molecule has 0 aromatic carbocycles. The summed E-state index contributed by atoms with van der Waals surface area (Å²) in [5.74, 6) is -0.647. The molecule has 5 nitrogen and oxygen atoms in total. The van der Waals surface area contributed by atoms with E-state index in [1.54, 1.807) is 0 Å². The molecule has 0 rings (SSSR count). The Morgan fingerprint density at radius 1 is 1.43 bits per heavy atom. The lowest BCUT2D eigenvalue weighted by Gasteiger charge is -2.19. The highest BCUT2D eigenvalue weighted by atomic mass is 16.5. The number of ether oxygens (including phenoxy) is 1. The number of nitrogens with one attached hydrogen (secondary N) is 1. The highest BCUT2D eigenvalue weighted by molar-refractivity contribution is 5.84. The number of methoxy groups -OCH3 is 1. The van der Waals surface area contributed by atoms with Crippen LogP contribution in [0.15, 0.2) is 0 Å². The number of amides is 1. The normalized spacial score (nSPS) is 12.4. The van der Waals surface area contributed by atoms with Crippen molar-refractivity contribution in [2.24, 2.45) is 11.7 Å². The van der Waals surface area contributed by atoms with Gasteiger partial charge in [0, 0.05) is 13.0 Å². The number of carbonyl (C=O) groups is 2. The van der Waals surface area contributed by atoms with Crippen molar-refractivity contribution in [3.8, 4) is 0 Å². The van der Waals surface area contributed by atoms with E-state index < -0.39 is 12.0 Å². The molecule has 1 amide bonds. The van der Waals surface area contributed by atoms with E-state index in [-0.39, 0.29) is 24.8 Å². The van der Waals surface area contributed by atoms with Crippen molar-refractivity contribution < 1.29 is 14.3 Å². The first-order valence-electron chi connectivity index (χ1n) is 4.60. The Labute approximate surface area is 84.0 Å². The third-order valence-electron chi connectivity index (χ3n) is 1.81. The van der Waals surface area contributed by atoms with Crippen LogP contribution in [0.2, 0.25) is 0 Å². The first kappa shape index (κ1) is 12.9. The second-order valence-electron chi connectivity index (χ2n) is 3.35. The number of esters is 1. The van der Waals surface area contributed by atoms with Crippen LogP contribution in [0.3, 0.4) is 0 Å². The Balaban J connectivity index is 4.23. The van der Waals surface area contributed by atoms with Crippen molar-refractivity contribution in [1.29, 1.82) is 0 Å². The Bertz CT molecular complexity index is 204.